The molecule has 2 aliphatic rings. The molecule has 3 heterocycles. The lowest BCUT2D eigenvalue weighted by molar-refractivity contribution is -0.115. The number of carbonyl (C=O) groups is 2. The molecule has 2 aliphatic heterocycles. The summed E-state index contributed by atoms with van der Waals surface area (Å²) >= 11 is 0.902. The van der Waals surface area contributed by atoms with E-state index >= 15 is 0 Å². The van der Waals surface area contributed by atoms with Gasteiger partial charge in [-0.15, -0.1) is 0 Å². The summed E-state index contributed by atoms with van der Waals surface area (Å²) < 4.78 is 13.2. The molecule has 6 nitrogen and oxygen atoms in total. The molecule has 0 radical (unpaired) electrons. The van der Waals surface area contributed by atoms with Crippen molar-refractivity contribution in [3.63, 3.8) is 0 Å². The number of piperidine rings is 1. The zero-order valence-corrected chi connectivity index (χ0v) is 17.4. The molecule has 2 aromatic carbocycles. The maximum atomic E-state index is 13.2. The van der Waals surface area contributed by atoms with E-state index < -0.39 is 0 Å². The molecule has 8 heteroatoms. The number of halogens is 1. The zero-order valence-electron chi connectivity index (χ0n) is 16.5. The molecule has 31 heavy (non-hydrogen) atoms. The summed E-state index contributed by atoms with van der Waals surface area (Å²) in [5.41, 5.74) is 2.81. The lowest BCUT2D eigenvalue weighted by Gasteiger charge is -2.33. The number of thioether (sulfide) groups is 1. The van der Waals surface area contributed by atoms with Crippen molar-refractivity contribution in [3.8, 4) is 0 Å². The van der Waals surface area contributed by atoms with Gasteiger partial charge in [0, 0.05) is 18.5 Å². The largest absolute Gasteiger partial charge is 0.356 e. The van der Waals surface area contributed by atoms with Gasteiger partial charge in [0.05, 0.1) is 10.4 Å². The predicted octanol–water partition coefficient (Wildman–Crippen LogP) is 4.48. The highest BCUT2D eigenvalue weighted by atomic mass is 32.2. The first-order chi connectivity index (χ1) is 15.1. The maximum absolute atomic E-state index is 13.2. The second kappa shape index (κ2) is 8.11. The third kappa shape index (κ3) is 4.03. The second-order valence-electron chi connectivity index (χ2n) is 7.64. The molecule has 2 fully saturated rings. The van der Waals surface area contributed by atoms with Gasteiger partial charge in [0.25, 0.3) is 11.1 Å². The van der Waals surface area contributed by atoms with E-state index in [2.05, 4.69) is 20.2 Å². The molecule has 0 spiro atoms. The molecule has 2 saturated heterocycles. The number of benzene rings is 2. The number of hydrogen-bond donors (Lipinski definition) is 1. The van der Waals surface area contributed by atoms with Crippen LogP contribution in [0.3, 0.4) is 0 Å². The first kappa shape index (κ1) is 19.7. The van der Waals surface area contributed by atoms with Crippen molar-refractivity contribution < 1.29 is 14.0 Å². The van der Waals surface area contributed by atoms with E-state index in [1.165, 1.54) is 17.7 Å². The number of amides is 2. The average molecular weight is 434 g/mol. The highest BCUT2D eigenvalue weighted by molar-refractivity contribution is 8.18. The van der Waals surface area contributed by atoms with Gasteiger partial charge in [-0.05, 0) is 72.0 Å². The smallest absolute Gasteiger partial charge is 0.290 e. The van der Waals surface area contributed by atoms with E-state index in [0.717, 1.165) is 60.0 Å². The first-order valence-electron chi connectivity index (χ1n) is 10.1. The van der Waals surface area contributed by atoms with Gasteiger partial charge in [-0.25, -0.2) is 14.4 Å². The Morgan fingerprint density at radius 2 is 1.84 bits per heavy atom. The molecule has 5 rings (SSSR count). The normalized spacial score (nSPS) is 18.7. The van der Waals surface area contributed by atoms with Crippen LogP contribution in [0.5, 0.6) is 0 Å². The lowest BCUT2D eigenvalue weighted by atomic mass is 9.89. The fraction of sp³-hybridized carbons (Fsp3) is 0.217. The topological polar surface area (TPSA) is 75.2 Å². The van der Waals surface area contributed by atoms with Crippen LogP contribution in [0, 0.1) is 5.82 Å². The standard InChI is InChI=1S/C23H19FN4O2S/c24-17-4-2-15(3-5-17)16-7-9-28(10-8-16)21-18-11-14(1-6-19(18)25-13-26-21)12-20-22(29)27-23(30)31-20/h1-6,11-13,16H,7-10H2,(H,27,29,30)/b20-12+. The molecule has 0 aliphatic carbocycles. The minimum atomic E-state index is -0.373. The Labute approximate surface area is 182 Å². The summed E-state index contributed by atoms with van der Waals surface area (Å²) in [4.78, 5) is 34.8. The second-order valence-corrected chi connectivity index (χ2v) is 8.65. The van der Waals surface area contributed by atoms with Crippen molar-refractivity contribution in [2.45, 2.75) is 18.8 Å². The van der Waals surface area contributed by atoms with Crippen LogP contribution in [0.4, 0.5) is 15.0 Å². The Morgan fingerprint density at radius 3 is 2.55 bits per heavy atom. The molecule has 2 amide bonds. The number of aromatic nitrogens is 2. The van der Waals surface area contributed by atoms with Gasteiger partial charge in [-0.2, -0.15) is 0 Å². The Kier molecular flexibility index (Phi) is 5.15. The van der Waals surface area contributed by atoms with E-state index in [0.29, 0.717) is 10.8 Å². The summed E-state index contributed by atoms with van der Waals surface area (Å²) in [5.74, 6) is 0.683. The number of carbonyl (C=O) groups excluding carboxylic acids is 2. The van der Waals surface area contributed by atoms with E-state index in [1.54, 1.807) is 12.4 Å². The van der Waals surface area contributed by atoms with Crippen molar-refractivity contribution in [1.29, 1.82) is 0 Å². The minimum Gasteiger partial charge on any atom is -0.356 e. The number of imide groups is 1. The molecular weight excluding hydrogens is 415 g/mol. The molecule has 0 bridgehead atoms. The van der Waals surface area contributed by atoms with Gasteiger partial charge >= 0.3 is 0 Å². The minimum absolute atomic E-state index is 0.211. The van der Waals surface area contributed by atoms with Crippen molar-refractivity contribution in [1.82, 2.24) is 15.3 Å². The molecule has 0 unspecified atom stereocenters. The number of rotatable bonds is 3. The van der Waals surface area contributed by atoms with Crippen molar-refractivity contribution >= 4 is 45.7 Å². The summed E-state index contributed by atoms with van der Waals surface area (Å²) in [6, 6.07) is 12.5. The fourth-order valence-electron chi connectivity index (χ4n) is 4.13. The van der Waals surface area contributed by atoms with E-state index in [-0.39, 0.29) is 17.0 Å². The Morgan fingerprint density at radius 1 is 1.06 bits per heavy atom. The quantitative estimate of drug-likeness (QED) is 0.613. The van der Waals surface area contributed by atoms with E-state index in [9.17, 15) is 14.0 Å². The molecule has 1 N–H and O–H groups in total. The Bertz CT molecular complexity index is 1200. The third-order valence-corrected chi connectivity index (χ3v) is 6.52. The van der Waals surface area contributed by atoms with Gasteiger partial charge in [-0.3, -0.25) is 14.9 Å². The van der Waals surface area contributed by atoms with Crippen molar-refractivity contribution in [2.75, 3.05) is 18.0 Å². The Hall–Kier alpha value is -3.26. The molecular formula is C23H19FN4O2S. The predicted molar refractivity (Wildman–Crippen MR) is 119 cm³/mol. The van der Waals surface area contributed by atoms with Crippen LogP contribution in [-0.4, -0.2) is 34.2 Å². The van der Waals surface area contributed by atoms with Crippen LogP contribution in [-0.2, 0) is 4.79 Å². The van der Waals surface area contributed by atoms with Crippen LogP contribution in [0.1, 0.15) is 29.9 Å². The fourth-order valence-corrected chi connectivity index (χ4v) is 4.82. The summed E-state index contributed by atoms with van der Waals surface area (Å²) in [7, 11) is 0. The molecule has 156 valence electrons. The van der Waals surface area contributed by atoms with Gasteiger partial charge in [0.1, 0.15) is 18.0 Å². The summed E-state index contributed by atoms with van der Waals surface area (Å²) in [5, 5.41) is 2.82. The SMILES string of the molecule is O=C1NC(=O)/C(=C\c2ccc3ncnc(N4CCC(c5ccc(F)cc5)CC4)c3c2)S1. The van der Waals surface area contributed by atoms with Gasteiger partial charge in [-0.1, -0.05) is 18.2 Å². The van der Waals surface area contributed by atoms with Crippen LogP contribution >= 0.6 is 11.8 Å². The van der Waals surface area contributed by atoms with Gasteiger partial charge in [0.2, 0.25) is 0 Å². The highest BCUT2D eigenvalue weighted by Crippen LogP contribution is 2.33. The third-order valence-electron chi connectivity index (χ3n) is 5.71. The lowest BCUT2D eigenvalue weighted by Crippen LogP contribution is -2.33. The van der Waals surface area contributed by atoms with E-state index in [1.807, 2.05) is 30.3 Å². The molecule has 1 aromatic heterocycles. The number of nitrogens with zero attached hydrogens (tertiary/aromatic N) is 3. The van der Waals surface area contributed by atoms with Crippen molar-refractivity contribution in [3.05, 3.63) is 70.6 Å². The molecule has 3 aromatic rings. The van der Waals surface area contributed by atoms with Crippen LogP contribution < -0.4 is 10.2 Å². The van der Waals surface area contributed by atoms with E-state index in [4.69, 9.17) is 0 Å². The van der Waals surface area contributed by atoms with Crippen LogP contribution in [0.15, 0.2) is 53.7 Å². The maximum Gasteiger partial charge on any atom is 0.290 e. The van der Waals surface area contributed by atoms with Gasteiger partial charge < -0.3 is 4.90 Å². The summed E-state index contributed by atoms with van der Waals surface area (Å²) in [6.45, 7) is 1.68. The molecule has 0 saturated carbocycles. The first-order valence-corrected chi connectivity index (χ1v) is 10.9. The number of nitrogens with one attached hydrogen (secondary N) is 1. The van der Waals surface area contributed by atoms with Crippen LogP contribution in [0.25, 0.3) is 17.0 Å². The highest BCUT2D eigenvalue weighted by Gasteiger charge is 2.25. The van der Waals surface area contributed by atoms with Gasteiger partial charge in [0.15, 0.2) is 0 Å². The summed E-state index contributed by atoms with van der Waals surface area (Å²) in [6.07, 6.45) is 5.20. The Balaban J connectivity index is 1.40. The zero-order chi connectivity index (χ0) is 21.4. The number of hydrogen-bond acceptors (Lipinski definition) is 6. The number of fused-ring (bicyclic) bond motifs is 1. The van der Waals surface area contributed by atoms with Crippen LogP contribution in [0.2, 0.25) is 0 Å². The monoisotopic (exact) mass is 434 g/mol. The molecule has 0 atom stereocenters. The van der Waals surface area contributed by atoms with Crippen molar-refractivity contribution in [2.24, 2.45) is 0 Å². The average Bonchev–Trinajstić information content (AvgIpc) is 3.10. The number of anilines is 1.